The molecule has 1 saturated carbocycles. The molecule has 9 heteroatoms. The minimum absolute atomic E-state index is 0.0683. The van der Waals surface area contributed by atoms with Crippen LogP contribution >= 0.6 is 9.24 Å². The number of halogens is 5. The number of allylic oxidation sites excluding steroid dienone is 2. The van der Waals surface area contributed by atoms with Gasteiger partial charge in [-0.3, -0.25) is 14.6 Å². The molecular weight excluding hydrogens is 484 g/mol. The first-order chi connectivity index (χ1) is 15.8. The zero-order valence-corrected chi connectivity index (χ0v) is 22.2. The number of alkyl halides is 5. The van der Waals surface area contributed by atoms with Gasteiger partial charge >= 0.3 is 6.18 Å². The fourth-order valence-electron chi connectivity index (χ4n) is 3.19. The highest BCUT2D eigenvalue weighted by atomic mass is 31.0. The van der Waals surface area contributed by atoms with Gasteiger partial charge in [0.15, 0.2) is 5.78 Å². The van der Waals surface area contributed by atoms with Crippen LogP contribution in [0.25, 0.3) is 0 Å². The highest BCUT2D eigenvalue weighted by molar-refractivity contribution is 7.18. The Kier molecular flexibility index (Phi) is 12.9. The number of aryl methyl sites for hydroxylation is 1. The molecule has 35 heavy (non-hydrogen) atoms. The summed E-state index contributed by atoms with van der Waals surface area (Å²) in [5.41, 5.74) is -1.66. The van der Waals surface area contributed by atoms with E-state index in [2.05, 4.69) is 32.3 Å². The number of nitrogens with zero attached hydrogens (tertiary/aromatic N) is 1. The second kappa shape index (κ2) is 13.8. The third-order valence-corrected chi connectivity index (χ3v) is 5.38. The lowest BCUT2D eigenvalue weighted by Crippen LogP contribution is -2.40. The standard InChI is InChI=1S/C16H22O.C8H8F3NO.C2H5F2P/c1-11-6-5-7-13(8-11)15(17)16(3,4)14-9-12(2)10-14;1-6(5-13)3-4-12-7(2)8(9,10)11;1-2(3,4)5/h5-8,12,14H,9-10H2,1-4H3;3-5H,1H2,2H3;5H2,1H3/b;4-3-,12-7?;. The number of carbonyl (C=O) groups excluding carboxylic acids is 2. The largest absolute Gasteiger partial charge is 0.429 e. The lowest BCUT2D eigenvalue weighted by Gasteiger charge is -2.43. The molecular formula is C26H35F5NO2P. The van der Waals surface area contributed by atoms with Crippen molar-refractivity contribution in [2.24, 2.45) is 22.2 Å². The minimum atomic E-state index is -4.42. The Balaban J connectivity index is 0.000000571. The highest BCUT2D eigenvalue weighted by Crippen LogP contribution is 2.46. The number of carbonyl (C=O) groups is 2. The van der Waals surface area contributed by atoms with Crippen LogP contribution in [0.15, 0.2) is 53.7 Å². The van der Waals surface area contributed by atoms with E-state index in [-0.39, 0.29) is 11.0 Å². The normalized spacial score (nSPS) is 18.5. The molecule has 0 aliphatic heterocycles. The Morgan fingerprint density at radius 3 is 2.06 bits per heavy atom. The van der Waals surface area contributed by atoms with Gasteiger partial charge in [-0.2, -0.15) is 13.2 Å². The molecule has 0 radical (unpaired) electrons. The van der Waals surface area contributed by atoms with E-state index in [1.54, 1.807) is 0 Å². The molecule has 1 aliphatic carbocycles. The summed E-state index contributed by atoms with van der Waals surface area (Å²) in [4.78, 5) is 25.6. The van der Waals surface area contributed by atoms with Crippen molar-refractivity contribution in [2.75, 3.05) is 0 Å². The number of hydrogen-bond acceptors (Lipinski definition) is 3. The van der Waals surface area contributed by atoms with E-state index < -0.39 is 17.6 Å². The van der Waals surface area contributed by atoms with E-state index in [9.17, 15) is 31.5 Å². The van der Waals surface area contributed by atoms with Crippen LogP contribution in [0.3, 0.4) is 0 Å². The minimum Gasteiger partial charge on any atom is -0.298 e. The summed E-state index contributed by atoms with van der Waals surface area (Å²) in [6.45, 7) is 13.4. The second-order valence-corrected chi connectivity index (χ2v) is 10.4. The molecule has 1 aromatic carbocycles. The van der Waals surface area contributed by atoms with Gasteiger partial charge in [0, 0.05) is 29.7 Å². The van der Waals surface area contributed by atoms with Crippen LogP contribution < -0.4 is 0 Å². The van der Waals surface area contributed by atoms with E-state index in [1.807, 2.05) is 31.2 Å². The number of hydrogen-bond donors (Lipinski definition) is 0. The van der Waals surface area contributed by atoms with Crippen molar-refractivity contribution < 1.29 is 31.5 Å². The molecule has 2 rings (SSSR count). The fraction of sp³-hybridized carbons (Fsp3) is 0.500. The summed E-state index contributed by atoms with van der Waals surface area (Å²) in [7, 11) is 1.38. The first-order valence-corrected chi connectivity index (χ1v) is 11.6. The number of benzene rings is 1. The first kappa shape index (κ1) is 32.8. The van der Waals surface area contributed by atoms with Crippen molar-refractivity contribution in [3.8, 4) is 0 Å². The molecule has 1 atom stereocenters. The smallest absolute Gasteiger partial charge is 0.298 e. The monoisotopic (exact) mass is 519 g/mol. The molecule has 0 amide bonds. The third kappa shape index (κ3) is 13.5. The topological polar surface area (TPSA) is 46.5 Å². The van der Waals surface area contributed by atoms with Crippen molar-refractivity contribution >= 4 is 27.0 Å². The fourth-order valence-corrected chi connectivity index (χ4v) is 3.19. The molecule has 0 spiro atoms. The molecule has 0 N–H and O–H groups in total. The number of Topliss-reactive ketones (excluding diaryl/α,β-unsaturated/α-hetero) is 1. The lowest BCUT2D eigenvalue weighted by atomic mass is 9.60. The van der Waals surface area contributed by atoms with Crippen LogP contribution in [0.2, 0.25) is 0 Å². The Hall–Kier alpha value is -2.21. The average Bonchev–Trinajstić information content (AvgIpc) is 2.69. The SMILES string of the molecule is C=C(C=O)/C=C\N=C(C)C(F)(F)F.CC(F)(F)P.Cc1cccc(C(=O)C(C)(C)C2CC(C)C2)c1. The van der Waals surface area contributed by atoms with Crippen molar-refractivity contribution in [2.45, 2.75) is 66.2 Å². The van der Waals surface area contributed by atoms with E-state index in [1.165, 1.54) is 22.1 Å². The second-order valence-electron chi connectivity index (χ2n) is 9.37. The van der Waals surface area contributed by atoms with Crippen LogP contribution in [0, 0.1) is 24.2 Å². The van der Waals surface area contributed by atoms with E-state index >= 15 is 0 Å². The molecule has 3 nitrogen and oxygen atoms in total. The van der Waals surface area contributed by atoms with Crippen molar-refractivity contribution in [1.29, 1.82) is 0 Å². The van der Waals surface area contributed by atoms with Gasteiger partial charge in [-0.05, 0) is 50.7 Å². The van der Waals surface area contributed by atoms with Gasteiger partial charge in [-0.15, -0.1) is 0 Å². The Bertz CT molecular complexity index is 918. The van der Waals surface area contributed by atoms with Crippen molar-refractivity contribution in [3.05, 3.63) is 59.8 Å². The zero-order valence-electron chi connectivity index (χ0n) is 21.0. The van der Waals surface area contributed by atoms with Gasteiger partial charge in [0.1, 0.15) is 12.0 Å². The number of rotatable bonds is 6. The van der Waals surface area contributed by atoms with E-state index in [0.29, 0.717) is 18.0 Å². The van der Waals surface area contributed by atoms with Crippen LogP contribution in [0.4, 0.5) is 22.0 Å². The van der Waals surface area contributed by atoms with Crippen molar-refractivity contribution in [1.82, 2.24) is 0 Å². The number of ketones is 1. The molecule has 0 heterocycles. The predicted molar refractivity (Wildman–Crippen MR) is 135 cm³/mol. The maximum atomic E-state index is 12.6. The van der Waals surface area contributed by atoms with Gasteiger partial charge < -0.3 is 0 Å². The molecule has 1 aliphatic rings. The van der Waals surface area contributed by atoms with Crippen LogP contribution in [-0.4, -0.2) is 29.6 Å². The highest BCUT2D eigenvalue weighted by Gasteiger charge is 2.42. The molecule has 0 aromatic heterocycles. The number of aliphatic imine (C=N–C) groups is 1. The van der Waals surface area contributed by atoms with Gasteiger partial charge in [0.25, 0.3) is 5.66 Å². The maximum Gasteiger partial charge on any atom is 0.429 e. The third-order valence-electron chi connectivity index (χ3n) is 5.38. The molecule has 0 saturated heterocycles. The summed E-state index contributed by atoms with van der Waals surface area (Å²) in [6.07, 6.45) is 0.388. The van der Waals surface area contributed by atoms with Gasteiger partial charge in [-0.1, -0.05) is 60.4 Å². The van der Waals surface area contributed by atoms with E-state index in [4.69, 9.17) is 0 Å². The molecule has 196 valence electrons. The Morgan fingerprint density at radius 1 is 1.14 bits per heavy atom. The van der Waals surface area contributed by atoms with Gasteiger partial charge in [0.05, 0.1) is 0 Å². The van der Waals surface area contributed by atoms with E-state index in [0.717, 1.165) is 43.2 Å². The molecule has 0 bridgehead atoms. The summed E-state index contributed by atoms with van der Waals surface area (Å²) >= 11 is 0. The zero-order chi connectivity index (χ0) is 27.6. The maximum absolute atomic E-state index is 12.6. The molecule has 1 unspecified atom stereocenters. The van der Waals surface area contributed by atoms with Gasteiger partial charge in [0.2, 0.25) is 0 Å². The van der Waals surface area contributed by atoms with Crippen LogP contribution in [0.5, 0.6) is 0 Å². The summed E-state index contributed by atoms with van der Waals surface area (Å²) in [6, 6.07) is 7.96. The summed E-state index contributed by atoms with van der Waals surface area (Å²) < 4.78 is 57.4. The number of aldehydes is 1. The summed E-state index contributed by atoms with van der Waals surface area (Å²) in [5.74, 6) is 1.66. The van der Waals surface area contributed by atoms with Gasteiger partial charge in [-0.25, -0.2) is 8.78 Å². The first-order valence-electron chi connectivity index (χ1n) is 11.0. The lowest BCUT2D eigenvalue weighted by molar-refractivity contribution is -0.104. The van der Waals surface area contributed by atoms with Crippen LogP contribution in [-0.2, 0) is 4.79 Å². The molecule has 1 fully saturated rings. The molecule has 1 aromatic rings. The van der Waals surface area contributed by atoms with Crippen LogP contribution in [0.1, 0.15) is 63.4 Å². The Morgan fingerprint density at radius 2 is 1.66 bits per heavy atom. The quantitative estimate of drug-likeness (QED) is 0.0727. The average molecular weight is 520 g/mol. The Labute approximate surface area is 207 Å². The summed E-state index contributed by atoms with van der Waals surface area (Å²) in [5, 5.41) is 0. The van der Waals surface area contributed by atoms with Crippen molar-refractivity contribution in [3.63, 3.8) is 0 Å². The predicted octanol–water partition coefficient (Wildman–Crippen LogP) is 8.00.